The van der Waals surface area contributed by atoms with E-state index in [1.54, 1.807) is 0 Å². The van der Waals surface area contributed by atoms with Gasteiger partial charge in [-0.15, -0.1) is 29.4 Å². The van der Waals surface area contributed by atoms with E-state index in [-0.39, 0.29) is 41.0 Å². The third kappa shape index (κ3) is 16.1. The van der Waals surface area contributed by atoms with Gasteiger partial charge >= 0.3 is 0 Å². The predicted octanol–water partition coefficient (Wildman–Crippen LogP) is 0.337. The van der Waals surface area contributed by atoms with Crippen molar-refractivity contribution in [2.45, 2.75) is 0 Å². The van der Waals surface area contributed by atoms with Gasteiger partial charge in [0.05, 0.1) is 0 Å². The molecule has 0 heterocycles. The van der Waals surface area contributed by atoms with Gasteiger partial charge in [-0.2, -0.15) is 0 Å². The van der Waals surface area contributed by atoms with E-state index >= 15 is 0 Å². The summed E-state index contributed by atoms with van der Waals surface area (Å²) in [5, 5.41) is 0. The van der Waals surface area contributed by atoms with Crippen molar-refractivity contribution in [2.24, 2.45) is 0 Å². The van der Waals surface area contributed by atoms with Crippen LogP contribution in [0.1, 0.15) is 0 Å². The second kappa shape index (κ2) is 56.1. The van der Waals surface area contributed by atoms with Gasteiger partial charge in [0.15, 0.2) is 0 Å². The summed E-state index contributed by atoms with van der Waals surface area (Å²) in [5.41, 5.74) is 0. The molecule has 5 N–H and O–H groups in total. The first-order valence-corrected chi connectivity index (χ1v) is 0. The van der Waals surface area contributed by atoms with Gasteiger partial charge in [0.25, 0.3) is 0 Å². The van der Waals surface area contributed by atoms with Crippen molar-refractivity contribution < 1.29 is 5.48 Å². The monoisotopic (exact) mass is 151 g/mol. The molecule has 0 fully saturated rings. The Morgan fingerprint density at radius 2 is 1.00 bits per heavy atom. The third-order valence-electron chi connectivity index (χ3n) is 0. The smallest absolute Gasteiger partial charge is 0.114 e. The van der Waals surface area contributed by atoms with E-state index in [1.807, 2.05) is 0 Å². The summed E-state index contributed by atoms with van der Waals surface area (Å²) >= 11 is 0. The van der Waals surface area contributed by atoms with Crippen molar-refractivity contribution in [3.8, 4) is 0 Å². The molecule has 0 rings (SSSR count). The maximum Gasteiger partial charge on any atom is -0.114 e. The maximum atomic E-state index is 0. The normalized spacial score (nSPS) is 0. The number of halogens is 2. The van der Waals surface area contributed by atoms with Crippen LogP contribution in [0.15, 0.2) is 0 Å². The number of rotatable bonds is 0. The lowest BCUT2D eigenvalue weighted by Gasteiger charge is -0.412. The molecule has 0 unspecified atom stereocenters. The fourth-order valence-electron chi connectivity index (χ4n) is 0. The molecule has 0 saturated heterocycles. The molecule has 0 radical (unpaired) electrons. The molecular weight excluding hydrogens is 145 g/mol. The summed E-state index contributed by atoms with van der Waals surface area (Å²) < 4.78 is 0. The largest absolute Gasteiger partial charge is 0.412 e. The van der Waals surface area contributed by atoms with E-state index in [9.17, 15) is 0 Å². The molecule has 0 aliphatic carbocycles. The Morgan fingerprint density at radius 3 is 1.00 bits per heavy atom. The quantitative estimate of drug-likeness (QED) is 0.534. The highest BCUT2D eigenvalue weighted by Gasteiger charge is -0.114. The number of hydrogen-bond acceptors (Lipinski definition) is 1. The van der Waals surface area contributed by atoms with E-state index in [2.05, 4.69) is 0 Å². The Morgan fingerprint density at radius 1 is 1.00 bits per heavy atom. The number of hydrogen-bond donors (Lipinski definition) is 1. The van der Waals surface area contributed by atoms with Crippen LogP contribution in [0.5, 0.6) is 0 Å². The highest BCUT2D eigenvalue weighted by Crippen LogP contribution is 0.846. The average molecular weight is 152 g/mol. The standard InChI is InChI=1S/BrH.ClH.H3N.H2O/h2*1H;1H3;1H2. The molecule has 0 aromatic heterocycles. The first kappa shape index (κ1) is 134. The molecule has 0 aromatic carbocycles. The fraction of sp³-hybridized carbons (Fsp3) is 0. The molecule has 0 spiro atoms. The van der Waals surface area contributed by atoms with Crippen LogP contribution in [-0.4, -0.2) is 5.48 Å². The Bertz CT molecular complexity index is 8.00. The van der Waals surface area contributed by atoms with Crippen LogP contribution >= 0.6 is 29.4 Å². The summed E-state index contributed by atoms with van der Waals surface area (Å²) in [6.45, 7) is 0. The molecule has 0 bridgehead atoms. The Hall–Kier alpha value is 0.690. The predicted molar refractivity (Wildman–Crippen MR) is 26.2 cm³/mol. The van der Waals surface area contributed by atoms with Gasteiger partial charge in [-0.3, -0.25) is 0 Å². The summed E-state index contributed by atoms with van der Waals surface area (Å²) in [4.78, 5) is 0. The fourth-order valence-corrected chi connectivity index (χ4v) is 0. The molecule has 4 heavy (non-hydrogen) atoms. The first-order chi connectivity index (χ1) is 0. The van der Waals surface area contributed by atoms with Crippen LogP contribution < -0.4 is 6.15 Å². The second-order valence-corrected chi connectivity index (χ2v) is 0. The Balaban J connectivity index is 0. The average Bonchev–Trinajstić information content (AvgIpc) is 0. The van der Waals surface area contributed by atoms with Crippen LogP contribution in [0.25, 0.3) is 0 Å². The van der Waals surface area contributed by atoms with Crippen LogP contribution in [0.4, 0.5) is 0 Å². The molecule has 0 aromatic rings. The zero-order chi connectivity index (χ0) is 0. The van der Waals surface area contributed by atoms with Gasteiger partial charge in [-0.05, 0) is 0 Å². The zero-order valence-corrected chi connectivity index (χ0v) is 4.55. The molecule has 0 aliphatic heterocycles. The maximum absolute atomic E-state index is 0. The molecular formula is H7BrClNO. The second-order valence-electron chi connectivity index (χ2n) is 0. The van der Waals surface area contributed by atoms with Gasteiger partial charge in [0.2, 0.25) is 0 Å². The lowest BCUT2D eigenvalue weighted by molar-refractivity contribution is 0.824. The minimum Gasteiger partial charge on any atom is -0.412 e. The van der Waals surface area contributed by atoms with Crippen LogP contribution in [0.2, 0.25) is 0 Å². The van der Waals surface area contributed by atoms with Gasteiger partial charge in [0, 0.05) is 0 Å². The van der Waals surface area contributed by atoms with Crippen LogP contribution in [-0.2, 0) is 0 Å². The van der Waals surface area contributed by atoms with Gasteiger partial charge < -0.3 is 11.6 Å². The zero-order valence-electron chi connectivity index (χ0n) is 2.02. The van der Waals surface area contributed by atoms with Crippen LogP contribution in [0, 0.1) is 0 Å². The van der Waals surface area contributed by atoms with Crippen molar-refractivity contribution in [3.63, 3.8) is 0 Å². The summed E-state index contributed by atoms with van der Waals surface area (Å²) in [6, 6.07) is 0. The van der Waals surface area contributed by atoms with Gasteiger partial charge in [0.1, 0.15) is 0 Å². The molecule has 0 saturated carbocycles. The van der Waals surface area contributed by atoms with E-state index in [4.69, 9.17) is 0 Å². The molecule has 2 nitrogen and oxygen atoms in total. The van der Waals surface area contributed by atoms with Crippen LogP contribution in [0.3, 0.4) is 0 Å². The molecule has 4 heteroatoms. The van der Waals surface area contributed by atoms with E-state index < -0.39 is 0 Å². The Labute approximate surface area is 41.7 Å². The van der Waals surface area contributed by atoms with Crippen molar-refractivity contribution in [2.75, 3.05) is 0 Å². The highest BCUT2D eigenvalue weighted by molar-refractivity contribution is 8.93. The molecule has 0 amide bonds. The molecule has 32 valence electrons. The minimum atomic E-state index is 0. The molecule has 0 atom stereocenters. The van der Waals surface area contributed by atoms with Crippen molar-refractivity contribution >= 4 is 29.4 Å². The van der Waals surface area contributed by atoms with Gasteiger partial charge in [-0.25, -0.2) is 0 Å². The lowest BCUT2D eigenvalue weighted by Crippen LogP contribution is -0.481. The first-order valence-electron chi connectivity index (χ1n) is 0. The van der Waals surface area contributed by atoms with Crippen molar-refractivity contribution in [1.82, 2.24) is 6.15 Å². The lowest BCUT2D eigenvalue weighted by atomic mass is 14.0. The van der Waals surface area contributed by atoms with Crippen molar-refractivity contribution in [3.05, 3.63) is 0 Å². The Kier molecular flexibility index (Phi) is 1880. The topological polar surface area (TPSA) is 66.5 Å². The van der Waals surface area contributed by atoms with Gasteiger partial charge in [-0.1, -0.05) is 0 Å². The highest BCUT2D eigenvalue weighted by atomic mass is 79.9. The third-order valence-corrected chi connectivity index (χ3v) is 0. The van der Waals surface area contributed by atoms with Crippen molar-refractivity contribution in [1.29, 1.82) is 0 Å². The van der Waals surface area contributed by atoms with E-state index in [1.165, 1.54) is 0 Å². The summed E-state index contributed by atoms with van der Waals surface area (Å²) in [6.07, 6.45) is 0. The minimum absolute atomic E-state index is 0. The SMILES string of the molecule is Br.Cl.N.O. The van der Waals surface area contributed by atoms with E-state index in [0.717, 1.165) is 0 Å². The molecule has 0 aliphatic rings. The summed E-state index contributed by atoms with van der Waals surface area (Å²) in [5.74, 6) is 0. The van der Waals surface area contributed by atoms with E-state index in [0.29, 0.717) is 0 Å². The summed E-state index contributed by atoms with van der Waals surface area (Å²) in [7, 11) is 0.